The Morgan fingerprint density at radius 3 is 2.19 bits per heavy atom. The van der Waals surface area contributed by atoms with Gasteiger partial charge in [0.2, 0.25) is 0 Å². The number of nitrogens with two attached hydrogens (primary N) is 1. The average Bonchev–Trinajstić information content (AvgIpc) is 2.76. The fraction of sp³-hybridized carbons (Fsp3) is 0.833. The lowest BCUT2D eigenvalue weighted by Gasteiger charge is -1.99. The Kier molecular flexibility index (Phi) is 7.34. The van der Waals surface area contributed by atoms with E-state index in [1.807, 2.05) is 0 Å². The van der Waals surface area contributed by atoms with Gasteiger partial charge < -0.3 is 5.73 Å². The number of nitrogens with zero attached hydrogens (tertiary/aromatic N) is 2. The minimum absolute atomic E-state index is 0.523. The molecule has 0 amide bonds. The van der Waals surface area contributed by atoms with Gasteiger partial charge in [0.15, 0.2) is 0 Å². The van der Waals surface area contributed by atoms with Crippen LogP contribution in [0.3, 0.4) is 0 Å². The molecule has 0 saturated carbocycles. The van der Waals surface area contributed by atoms with E-state index in [1.165, 1.54) is 44.9 Å². The van der Waals surface area contributed by atoms with Crippen molar-refractivity contribution >= 4 is 11.3 Å². The van der Waals surface area contributed by atoms with Gasteiger partial charge in [0, 0.05) is 13.0 Å². The van der Waals surface area contributed by atoms with Crippen molar-refractivity contribution in [2.45, 2.75) is 64.8 Å². The molecule has 1 heterocycles. The Bertz CT molecular complexity index is 273. The molecule has 1 aromatic rings. The van der Waals surface area contributed by atoms with Crippen LogP contribution in [0.2, 0.25) is 0 Å². The molecule has 0 radical (unpaired) electrons. The molecule has 4 heteroatoms. The lowest BCUT2D eigenvalue weighted by molar-refractivity contribution is 0.588. The van der Waals surface area contributed by atoms with Crippen LogP contribution in [0.1, 0.15) is 61.9 Å². The summed E-state index contributed by atoms with van der Waals surface area (Å²) in [4.78, 5) is 0. The fourth-order valence-corrected chi connectivity index (χ4v) is 2.47. The molecule has 0 unspecified atom stereocenters. The number of aryl methyl sites for hydroxylation is 1. The highest BCUT2D eigenvalue weighted by atomic mass is 32.1. The topological polar surface area (TPSA) is 51.8 Å². The van der Waals surface area contributed by atoms with Crippen molar-refractivity contribution in [3.05, 3.63) is 10.0 Å². The first-order chi connectivity index (χ1) is 7.86. The molecular formula is C12H23N3S. The molecule has 0 fully saturated rings. The molecule has 0 aliphatic rings. The van der Waals surface area contributed by atoms with Crippen molar-refractivity contribution in [1.82, 2.24) is 10.2 Å². The van der Waals surface area contributed by atoms with E-state index in [0.717, 1.165) is 16.4 Å². The molecule has 92 valence electrons. The van der Waals surface area contributed by atoms with E-state index >= 15 is 0 Å². The van der Waals surface area contributed by atoms with Crippen molar-refractivity contribution in [2.24, 2.45) is 5.73 Å². The van der Waals surface area contributed by atoms with E-state index < -0.39 is 0 Å². The number of aromatic nitrogens is 2. The van der Waals surface area contributed by atoms with Gasteiger partial charge in [0.1, 0.15) is 10.0 Å². The average molecular weight is 241 g/mol. The van der Waals surface area contributed by atoms with Crippen LogP contribution in [-0.2, 0) is 13.0 Å². The summed E-state index contributed by atoms with van der Waals surface area (Å²) >= 11 is 1.66. The second kappa shape index (κ2) is 8.65. The summed E-state index contributed by atoms with van der Waals surface area (Å²) in [5.41, 5.74) is 5.49. The largest absolute Gasteiger partial charge is 0.324 e. The van der Waals surface area contributed by atoms with Gasteiger partial charge in [-0.1, -0.05) is 45.4 Å². The molecule has 0 bridgehead atoms. The number of rotatable bonds is 9. The van der Waals surface area contributed by atoms with Crippen molar-refractivity contribution in [2.75, 3.05) is 0 Å². The summed E-state index contributed by atoms with van der Waals surface area (Å²) in [6.07, 6.45) is 10.5. The molecule has 3 nitrogen and oxygen atoms in total. The van der Waals surface area contributed by atoms with Crippen LogP contribution in [0, 0.1) is 0 Å². The minimum atomic E-state index is 0.523. The van der Waals surface area contributed by atoms with Crippen molar-refractivity contribution < 1.29 is 0 Å². The standard InChI is InChI=1S/C12H23N3S/c1-2-3-4-5-6-7-8-9-11-14-15-12(10-13)16-11/h2-10,13H2,1H3. The lowest BCUT2D eigenvalue weighted by Crippen LogP contribution is -1.94. The number of hydrogen-bond acceptors (Lipinski definition) is 4. The Hall–Kier alpha value is -0.480. The first-order valence-corrected chi connectivity index (χ1v) is 7.19. The highest BCUT2D eigenvalue weighted by Gasteiger charge is 2.01. The molecule has 0 aliphatic carbocycles. The maximum absolute atomic E-state index is 5.49. The molecule has 1 rings (SSSR count). The van der Waals surface area contributed by atoms with Crippen LogP contribution in [-0.4, -0.2) is 10.2 Å². The molecule has 16 heavy (non-hydrogen) atoms. The van der Waals surface area contributed by atoms with Gasteiger partial charge in [-0.3, -0.25) is 0 Å². The quantitative estimate of drug-likeness (QED) is 0.675. The summed E-state index contributed by atoms with van der Waals surface area (Å²) in [6, 6.07) is 0. The summed E-state index contributed by atoms with van der Waals surface area (Å²) in [7, 11) is 0. The Morgan fingerprint density at radius 1 is 0.938 bits per heavy atom. The fourth-order valence-electron chi connectivity index (χ4n) is 1.71. The van der Waals surface area contributed by atoms with Crippen molar-refractivity contribution in [1.29, 1.82) is 0 Å². The van der Waals surface area contributed by atoms with Gasteiger partial charge in [-0.15, -0.1) is 21.5 Å². The molecule has 1 aromatic heterocycles. The molecular weight excluding hydrogens is 218 g/mol. The van der Waals surface area contributed by atoms with Gasteiger partial charge in [-0.05, 0) is 6.42 Å². The van der Waals surface area contributed by atoms with E-state index in [1.54, 1.807) is 11.3 Å². The monoisotopic (exact) mass is 241 g/mol. The maximum Gasteiger partial charge on any atom is 0.131 e. The maximum atomic E-state index is 5.49. The van der Waals surface area contributed by atoms with Crippen LogP contribution < -0.4 is 5.73 Å². The summed E-state index contributed by atoms with van der Waals surface area (Å²) in [5.74, 6) is 0. The minimum Gasteiger partial charge on any atom is -0.324 e. The predicted octanol–water partition coefficient (Wildman–Crippen LogP) is 3.29. The van der Waals surface area contributed by atoms with E-state index in [0.29, 0.717) is 6.54 Å². The van der Waals surface area contributed by atoms with Gasteiger partial charge in [-0.2, -0.15) is 0 Å². The van der Waals surface area contributed by atoms with Gasteiger partial charge in [-0.25, -0.2) is 0 Å². The van der Waals surface area contributed by atoms with Crippen LogP contribution in [0.5, 0.6) is 0 Å². The number of unbranched alkanes of at least 4 members (excludes halogenated alkanes) is 6. The zero-order chi connectivity index (χ0) is 11.6. The molecule has 2 N–H and O–H groups in total. The van der Waals surface area contributed by atoms with Crippen LogP contribution in [0.25, 0.3) is 0 Å². The first kappa shape index (κ1) is 13.6. The second-order valence-corrected chi connectivity index (χ2v) is 5.31. The molecule has 0 saturated heterocycles. The summed E-state index contributed by atoms with van der Waals surface area (Å²) in [6.45, 7) is 2.78. The number of hydrogen-bond donors (Lipinski definition) is 1. The Morgan fingerprint density at radius 2 is 1.56 bits per heavy atom. The van der Waals surface area contributed by atoms with Crippen LogP contribution in [0.4, 0.5) is 0 Å². The van der Waals surface area contributed by atoms with Gasteiger partial charge in [0.25, 0.3) is 0 Å². The van der Waals surface area contributed by atoms with Crippen molar-refractivity contribution in [3.63, 3.8) is 0 Å². The van der Waals surface area contributed by atoms with E-state index in [2.05, 4.69) is 17.1 Å². The zero-order valence-electron chi connectivity index (χ0n) is 10.2. The molecule has 0 atom stereocenters. The Balaban J connectivity index is 1.98. The highest BCUT2D eigenvalue weighted by Crippen LogP contribution is 2.13. The van der Waals surface area contributed by atoms with Crippen LogP contribution >= 0.6 is 11.3 Å². The van der Waals surface area contributed by atoms with Crippen LogP contribution in [0.15, 0.2) is 0 Å². The third-order valence-electron chi connectivity index (χ3n) is 2.68. The SMILES string of the molecule is CCCCCCCCCc1nnc(CN)s1. The molecule has 0 aliphatic heterocycles. The van der Waals surface area contributed by atoms with E-state index in [4.69, 9.17) is 5.73 Å². The Labute approximate surface area is 102 Å². The second-order valence-electron chi connectivity index (χ2n) is 4.16. The predicted molar refractivity (Wildman–Crippen MR) is 69.5 cm³/mol. The zero-order valence-corrected chi connectivity index (χ0v) is 11.1. The van der Waals surface area contributed by atoms with Crippen molar-refractivity contribution in [3.8, 4) is 0 Å². The highest BCUT2D eigenvalue weighted by molar-refractivity contribution is 7.11. The first-order valence-electron chi connectivity index (χ1n) is 6.38. The molecule has 0 aromatic carbocycles. The van der Waals surface area contributed by atoms with E-state index in [9.17, 15) is 0 Å². The summed E-state index contributed by atoms with van der Waals surface area (Å²) < 4.78 is 0. The third kappa shape index (κ3) is 5.56. The molecule has 0 spiro atoms. The third-order valence-corrected chi connectivity index (χ3v) is 3.68. The summed E-state index contributed by atoms with van der Waals surface area (Å²) in [5, 5.41) is 10.2. The smallest absolute Gasteiger partial charge is 0.131 e. The lowest BCUT2D eigenvalue weighted by atomic mass is 10.1. The van der Waals surface area contributed by atoms with E-state index in [-0.39, 0.29) is 0 Å². The normalized spacial score (nSPS) is 10.9. The van der Waals surface area contributed by atoms with Gasteiger partial charge in [0.05, 0.1) is 0 Å². The van der Waals surface area contributed by atoms with Gasteiger partial charge >= 0.3 is 0 Å².